The van der Waals surface area contributed by atoms with Crippen LogP contribution in [-0.2, 0) is 4.79 Å². The molecule has 1 unspecified atom stereocenters. The molecule has 1 aromatic heterocycles. The molecule has 0 bridgehead atoms. The summed E-state index contributed by atoms with van der Waals surface area (Å²) in [6.45, 7) is 0. The monoisotopic (exact) mass is 589 g/mol. The van der Waals surface area contributed by atoms with E-state index in [1.807, 2.05) is 102 Å². The van der Waals surface area contributed by atoms with Crippen LogP contribution in [0.2, 0.25) is 0 Å². The van der Waals surface area contributed by atoms with E-state index in [4.69, 9.17) is 0 Å². The van der Waals surface area contributed by atoms with E-state index in [0.29, 0.717) is 22.1 Å². The van der Waals surface area contributed by atoms with Gasteiger partial charge in [-0.1, -0.05) is 60.7 Å². The van der Waals surface area contributed by atoms with Gasteiger partial charge in [-0.25, -0.2) is 9.37 Å². The van der Waals surface area contributed by atoms with E-state index in [-0.39, 0.29) is 17.6 Å². The fourth-order valence-corrected chi connectivity index (χ4v) is 6.19. The summed E-state index contributed by atoms with van der Waals surface area (Å²) in [5.41, 5.74) is 3.53. The first-order valence-corrected chi connectivity index (χ1v) is 14.9. The molecule has 5 nitrogen and oxygen atoms in total. The SMILES string of the molecule is O=C(Nc1ccc(SC(C(=O)Nc2nc(-c3ccc(F)cc3)cs2)c2ccccc2)cc1)c1ccc2ccccc2c1. The first-order chi connectivity index (χ1) is 20.5. The van der Waals surface area contributed by atoms with Crippen LogP contribution in [0, 0.1) is 5.82 Å². The average molecular weight is 590 g/mol. The van der Waals surface area contributed by atoms with Crippen molar-refractivity contribution in [1.29, 1.82) is 0 Å². The van der Waals surface area contributed by atoms with Gasteiger partial charge in [0.25, 0.3) is 5.91 Å². The van der Waals surface area contributed by atoms with Crippen LogP contribution < -0.4 is 10.6 Å². The highest BCUT2D eigenvalue weighted by Gasteiger charge is 2.23. The van der Waals surface area contributed by atoms with Crippen LogP contribution in [0.15, 0.2) is 132 Å². The Morgan fingerprint density at radius 3 is 2.24 bits per heavy atom. The number of hydrogen-bond acceptors (Lipinski definition) is 5. The third-order valence-electron chi connectivity index (χ3n) is 6.59. The third kappa shape index (κ3) is 6.40. The van der Waals surface area contributed by atoms with Crippen LogP contribution in [-0.4, -0.2) is 16.8 Å². The summed E-state index contributed by atoms with van der Waals surface area (Å²) in [6.07, 6.45) is 0. The molecule has 0 aliphatic heterocycles. The molecule has 5 aromatic carbocycles. The van der Waals surface area contributed by atoms with Gasteiger partial charge in [0.2, 0.25) is 5.91 Å². The summed E-state index contributed by atoms with van der Waals surface area (Å²) in [5.74, 6) is -0.711. The van der Waals surface area contributed by atoms with Gasteiger partial charge in [0.05, 0.1) is 5.69 Å². The highest BCUT2D eigenvalue weighted by molar-refractivity contribution is 8.00. The van der Waals surface area contributed by atoms with Crippen molar-refractivity contribution < 1.29 is 14.0 Å². The Balaban J connectivity index is 1.15. The maximum absolute atomic E-state index is 13.5. The number of halogens is 1. The molecule has 0 fully saturated rings. The number of benzene rings is 5. The van der Waals surface area contributed by atoms with Crippen LogP contribution >= 0.6 is 23.1 Å². The van der Waals surface area contributed by atoms with Crippen molar-refractivity contribution in [1.82, 2.24) is 4.98 Å². The molecule has 0 aliphatic carbocycles. The van der Waals surface area contributed by atoms with Crippen molar-refractivity contribution in [3.63, 3.8) is 0 Å². The van der Waals surface area contributed by atoms with E-state index >= 15 is 0 Å². The molecule has 6 rings (SSSR count). The van der Waals surface area contributed by atoms with Gasteiger partial charge in [0, 0.05) is 27.1 Å². The summed E-state index contributed by atoms with van der Waals surface area (Å²) in [7, 11) is 0. The number of aromatic nitrogens is 1. The number of carbonyl (C=O) groups is 2. The molecule has 0 radical (unpaired) electrons. The van der Waals surface area contributed by atoms with E-state index in [2.05, 4.69) is 15.6 Å². The molecule has 42 heavy (non-hydrogen) atoms. The summed E-state index contributed by atoms with van der Waals surface area (Å²) in [5, 5.41) is 9.74. The van der Waals surface area contributed by atoms with E-state index in [0.717, 1.165) is 26.8 Å². The Bertz CT molecular complexity index is 1860. The van der Waals surface area contributed by atoms with Crippen molar-refractivity contribution in [2.24, 2.45) is 0 Å². The van der Waals surface area contributed by atoms with Crippen molar-refractivity contribution in [2.45, 2.75) is 10.1 Å². The summed E-state index contributed by atoms with van der Waals surface area (Å²) >= 11 is 2.73. The second-order valence-electron chi connectivity index (χ2n) is 9.48. The lowest BCUT2D eigenvalue weighted by Crippen LogP contribution is -2.19. The number of hydrogen-bond donors (Lipinski definition) is 2. The predicted molar refractivity (Wildman–Crippen MR) is 170 cm³/mol. The van der Waals surface area contributed by atoms with Crippen molar-refractivity contribution in [3.8, 4) is 11.3 Å². The van der Waals surface area contributed by atoms with Gasteiger partial charge in [-0.05, 0) is 77.0 Å². The van der Waals surface area contributed by atoms with Gasteiger partial charge >= 0.3 is 0 Å². The number of nitrogens with zero attached hydrogens (tertiary/aromatic N) is 1. The summed E-state index contributed by atoms with van der Waals surface area (Å²) in [6, 6.07) is 36.6. The molecule has 0 saturated heterocycles. The van der Waals surface area contributed by atoms with Gasteiger partial charge in [0.1, 0.15) is 11.1 Å². The zero-order chi connectivity index (χ0) is 28.9. The molecular weight excluding hydrogens is 566 g/mol. The van der Waals surface area contributed by atoms with Gasteiger partial charge < -0.3 is 10.6 Å². The largest absolute Gasteiger partial charge is 0.322 e. The number of anilines is 2. The molecule has 0 saturated carbocycles. The number of thiazole rings is 1. The maximum atomic E-state index is 13.5. The molecule has 206 valence electrons. The molecule has 2 amide bonds. The molecular formula is C34H24FN3O2S2. The molecule has 0 aliphatic rings. The first-order valence-electron chi connectivity index (χ1n) is 13.2. The molecule has 2 N–H and O–H groups in total. The minimum absolute atomic E-state index is 0.189. The van der Waals surface area contributed by atoms with E-state index in [1.165, 1.54) is 35.2 Å². The highest BCUT2D eigenvalue weighted by Crippen LogP contribution is 2.37. The fraction of sp³-hybridized carbons (Fsp3) is 0.0294. The second kappa shape index (κ2) is 12.4. The molecule has 8 heteroatoms. The third-order valence-corrected chi connectivity index (χ3v) is 8.62. The Kier molecular flexibility index (Phi) is 8.07. The lowest BCUT2D eigenvalue weighted by atomic mass is 10.1. The zero-order valence-corrected chi connectivity index (χ0v) is 23.8. The van der Waals surface area contributed by atoms with Crippen molar-refractivity contribution >= 4 is 56.5 Å². The molecule has 1 atom stereocenters. The smallest absolute Gasteiger partial charge is 0.255 e. The number of nitrogens with one attached hydrogen (secondary N) is 2. The first kappa shape index (κ1) is 27.4. The predicted octanol–water partition coefficient (Wildman–Crippen LogP) is 8.83. The lowest BCUT2D eigenvalue weighted by Gasteiger charge is -2.16. The van der Waals surface area contributed by atoms with E-state index < -0.39 is 5.25 Å². The van der Waals surface area contributed by atoms with Gasteiger partial charge in [-0.2, -0.15) is 0 Å². The van der Waals surface area contributed by atoms with Crippen LogP contribution in [0.5, 0.6) is 0 Å². The Hall–Kier alpha value is -4.79. The van der Waals surface area contributed by atoms with Gasteiger partial charge in [-0.3, -0.25) is 9.59 Å². The Labute approximate surface area is 250 Å². The highest BCUT2D eigenvalue weighted by atomic mass is 32.2. The van der Waals surface area contributed by atoms with E-state index in [1.54, 1.807) is 12.1 Å². The normalized spacial score (nSPS) is 11.6. The van der Waals surface area contributed by atoms with Crippen LogP contribution in [0.4, 0.5) is 15.2 Å². The Morgan fingerprint density at radius 2 is 1.48 bits per heavy atom. The number of rotatable bonds is 8. The fourth-order valence-electron chi connectivity index (χ4n) is 4.44. The zero-order valence-electron chi connectivity index (χ0n) is 22.2. The van der Waals surface area contributed by atoms with E-state index in [9.17, 15) is 14.0 Å². The van der Waals surface area contributed by atoms with Crippen LogP contribution in [0.3, 0.4) is 0 Å². The Morgan fingerprint density at radius 1 is 0.762 bits per heavy atom. The molecule has 0 spiro atoms. The van der Waals surface area contributed by atoms with Gasteiger partial charge in [0.15, 0.2) is 5.13 Å². The molecule has 6 aromatic rings. The number of thioether (sulfide) groups is 1. The second-order valence-corrected chi connectivity index (χ2v) is 11.5. The summed E-state index contributed by atoms with van der Waals surface area (Å²) in [4.78, 5) is 31.8. The standard InChI is InChI=1S/C34H24FN3O2S2/c35-27-14-12-23(13-15-27)30-21-41-34(37-30)38-33(40)31(24-7-2-1-3-8-24)42-29-18-16-28(17-19-29)36-32(39)26-11-10-22-6-4-5-9-25(22)20-26/h1-21,31H,(H,36,39)(H,37,38,40). The number of fused-ring (bicyclic) bond motifs is 1. The summed E-state index contributed by atoms with van der Waals surface area (Å²) < 4.78 is 13.3. The molecule has 1 heterocycles. The van der Waals surface area contributed by atoms with Crippen molar-refractivity contribution in [3.05, 3.63) is 144 Å². The number of amides is 2. The van der Waals surface area contributed by atoms with Gasteiger partial charge in [-0.15, -0.1) is 23.1 Å². The van der Waals surface area contributed by atoms with Crippen molar-refractivity contribution in [2.75, 3.05) is 10.6 Å². The lowest BCUT2D eigenvalue weighted by molar-refractivity contribution is -0.115. The minimum Gasteiger partial charge on any atom is -0.322 e. The number of carbonyl (C=O) groups excluding carboxylic acids is 2. The average Bonchev–Trinajstić information content (AvgIpc) is 3.49. The maximum Gasteiger partial charge on any atom is 0.255 e. The minimum atomic E-state index is -0.539. The topological polar surface area (TPSA) is 71.1 Å². The van der Waals surface area contributed by atoms with Crippen LogP contribution in [0.25, 0.3) is 22.0 Å². The van der Waals surface area contributed by atoms with Crippen LogP contribution in [0.1, 0.15) is 21.2 Å². The quantitative estimate of drug-likeness (QED) is 0.174.